The van der Waals surface area contributed by atoms with Crippen molar-refractivity contribution < 1.29 is 9.53 Å². The summed E-state index contributed by atoms with van der Waals surface area (Å²) in [5, 5.41) is 11.4. The smallest absolute Gasteiger partial charge is 0.274 e. The minimum atomic E-state index is 0.00696. The fourth-order valence-electron chi connectivity index (χ4n) is 3.27. The highest BCUT2D eigenvalue weighted by Gasteiger charge is 2.28. The quantitative estimate of drug-likeness (QED) is 0.694. The highest BCUT2D eigenvalue weighted by Crippen LogP contribution is 2.24. The number of nitrogens with one attached hydrogen (secondary N) is 1. The number of carbonyl (C=O) groups is 1. The predicted octanol–water partition coefficient (Wildman–Crippen LogP) is 4.06. The van der Waals surface area contributed by atoms with Crippen molar-refractivity contribution in [3.05, 3.63) is 51.7 Å². The van der Waals surface area contributed by atoms with Gasteiger partial charge in [-0.15, -0.1) is 22.7 Å². The van der Waals surface area contributed by atoms with E-state index in [0.717, 1.165) is 29.8 Å². The number of hydrogen-bond donors (Lipinski definition) is 1. The molecule has 0 unspecified atom stereocenters. The number of aromatic amines is 1. The van der Waals surface area contributed by atoms with Gasteiger partial charge in [0.15, 0.2) is 5.69 Å². The van der Waals surface area contributed by atoms with Gasteiger partial charge in [-0.3, -0.25) is 9.89 Å². The molecule has 4 heterocycles. The number of nitrogens with zero attached hydrogens (tertiary/aromatic N) is 2. The van der Waals surface area contributed by atoms with Gasteiger partial charge in [0.25, 0.3) is 5.91 Å². The highest BCUT2D eigenvalue weighted by atomic mass is 32.1. The van der Waals surface area contributed by atoms with Crippen molar-refractivity contribution in [2.45, 2.75) is 25.3 Å². The third kappa shape index (κ3) is 3.90. The van der Waals surface area contributed by atoms with Crippen LogP contribution >= 0.6 is 22.7 Å². The van der Waals surface area contributed by atoms with Gasteiger partial charge in [0.1, 0.15) is 0 Å². The Morgan fingerprint density at radius 1 is 1.23 bits per heavy atom. The van der Waals surface area contributed by atoms with E-state index in [0.29, 0.717) is 25.5 Å². The first-order chi connectivity index (χ1) is 12.8. The average Bonchev–Trinajstić information content (AvgIpc) is 3.43. The largest absolute Gasteiger partial charge is 0.381 e. The van der Waals surface area contributed by atoms with E-state index in [1.807, 2.05) is 28.5 Å². The third-order valence-electron chi connectivity index (χ3n) is 4.66. The van der Waals surface area contributed by atoms with Crippen molar-refractivity contribution in [1.29, 1.82) is 0 Å². The summed E-state index contributed by atoms with van der Waals surface area (Å²) in [6, 6.07) is 10.3. The fourth-order valence-corrected chi connectivity index (χ4v) is 4.66. The molecule has 1 fully saturated rings. The number of aromatic nitrogens is 2. The van der Waals surface area contributed by atoms with Crippen LogP contribution in [0.15, 0.2) is 41.1 Å². The summed E-state index contributed by atoms with van der Waals surface area (Å²) in [5.74, 6) is 0.00696. The van der Waals surface area contributed by atoms with Gasteiger partial charge in [-0.05, 0) is 48.2 Å². The lowest BCUT2D eigenvalue weighted by molar-refractivity contribution is 0.0290. The first kappa shape index (κ1) is 17.5. The number of hydrogen-bond acceptors (Lipinski definition) is 5. The molecule has 5 nitrogen and oxygen atoms in total. The van der Waals surface area contributed by atoms with Crippen molar-refractivity contribution in [1.82, 2.24) is 15.1 Å². The maximum atomic E-state index is 13.2. The molecule has 1 N–H and O–H groups in total. The van der Waals surface area contributed by atoms with E-state index in [2.05, 4.69) is 27.7 Å². The number of H-pyrrole nitrogens is 1. The molecule has 0 spiro atoms. The van der Waals surface area contributed by atoms with Crippen LogP contribution in [0, 0.1) is 0 Å². The van der Waals surface area contributed by atoms with Crippen LogP contribution in [-0.2, 0) is 11.2 Å². The Balaban J connectivity index is 1.52. The van der Waals surface area contributed by atoms with Gasteiger partial charge in [0.05, 0.1) is 10.6 Å². The lowest BCUT2D eigenvalue weighted by Gasteiger charge is -2.34. The molecule has 0 saturated carbocycles. The molecule has 0 bridgehead atoms. The van der Waals surface area contributed by atoms with Gasteiger partial charge < -0.3 is 9.64 Å². The van der Waals surface area contributed by atoms with Gasteiger partial charge in [-0.1, -0.05) is 12.1 Å². The van der Waals surface area contributed by atoms with Crippen molar-refractivity contribution in [3.8, 4) is 10.6 Å². The first-order valence-corrected chi connectivity index (χ1v) is 10.6. The minimum Gasteiger partial charge on any atom is -0.381 e. The van der Waals surface area contributed by atoms with Gasteiger partial charge in [-0.25, -0.2) is 0 Å². The van der Waals surface area contributed by atoms with E-state index >= 15 is 0 Å². The Bertz CT molecular complexity index is 821. The SMILES string of the molecule is O=C(c1cc(-c2cccs2)[nH]n1)N(CCc1cccs1)C1CCOCC1. The van der Waals surface area contributed by atoms with Crippen molar-refractivity contribution in [2.75, 3.05) is 19.8 Å². The van der Waals surface area contributed by atoms with Crippen molar-refractivity contribution >= 4 is 28.6 Å². The van der Waals surface area contributed by atoms with Crippen LogP contribution in [0.1, 0.15) is 28.2 Å². The number of rotatable bonds is 6. The van der Waals surface area contributed by atoms with Crippen LogP contribution in [-0.4, -0.2) is 46.8 Å². The molecule has 0 aliphatic carbocycles. The summed E-state index contributed by atoms with van der Waals surface area (Å²) in [7, 11) is 0. The molecule has 1 aliphatic rings. The molecule has 4 rings (SSSR count). The fraction of sp³-hybridized carbons (Fsp3) is 0.368. The molecule has 1 aliphatic heterocycles. The molecule has 1 amide bonds. The highest BCUT2D eigenvalue weighted by molar-refractivity contribution is 7.13. The second-order valence-electron chi connectivity index (χ2n) is 6.32. The first-order valence-electron chi connectivity index (χ1n) is 8.81. The number of ether oxygens (including phenoxy) is 1. The standard InChI is InChI=1S/C19H21N3O2S2/c23-19(17-13-16(20-21-17)18-4-2-12-26-18)22(14-6-9-24-10-7-14)8-5-15-3-1-11-25-15/h1-4,11-14H,5-10H2,(H,20,21). The Morgan fingerprint density at radius 3 is 2.77 bits per heavy atom. The van der Waals surface area contributed by atoms with E-state index in [1.54, 1.807) is 22.7 Å². The van der Waals surface area contributed by atoms with Gasteiger partial charge in [0, 0.05) is 30.7 Å². The Morgan fingerprint density at radius 2 is 2.04 bits per heavy atom. The molecular weight excluding hydrogens is 366 g/mol. The summed E-state index contributed by atoms with van der Waals surface area (Å²) in [4.78, 5) is 17.6. The molecule has 0 radical (unpaired) electrons. The monoisotopic (exact) mass is 387 g/mol. The summed E-state index contributed by atoms with van der Waals surface area (Å²) >= 11 is 3.37. The zero-order valence-corrected chi connectivity index (χ0v) is 16.0. The Labute approximate surface area is 160 Å². The zero-order valence-electron chi connectivity index (χ0n) is 14.4. The van der Waals surface area contributed by atoms with E-state index in [4.69, 9.17) is 4.74 Å². The zero-order chi connectivity index (χ0) is 17.8. The van der Waals surface area contributed by atoms with Gasteiger partial charge >= 0.3 is 0 Å². The van der Waals surface area contributed by atoms with E-state index in [-0.39, 0.29) is 11.9 Å². The average molecular weight is 388 g/mol. The van der Waals surface area contributed by atoms with Crippen LogP contribution < -0.4 is 0 Å². The Kier molecular flexibility index (Phi) is 5.48. The second-order valence-corrected chi connectivity index (χ2v) is 8.30. The van der Waals surface area contributed by atoms with Crippen LogP contribution in [0.3, 0.4) is 0 Å². The minimum absolute atomic E-state index is 0.00696. The maximum absolute atomic E-state index is 13.2. The number of carbonyl (C=O) groups excluding carboxylic acids is 1. The summed E-state index contributed by atoms with van der Waals surface area (Å²) in [6.45, 7) is 2.15. The van der Waals surface area contributed by atoms with E-state index < -0.39 is 0 Å². The summed E-state index contributed by atoms with van der Waals surface area (Å²) in [6.07, 6.45) is 2.65. The lowest BCUT2D eigenvalue weighted by Crippen LogP contribution is -2.44. The Hall–Kier alpha value is -1.96. The van der Waals surface area contributed by atoms with Crippen LogP contribution in [0.4, 0.5) is 0 Å². The van der Waals surface area contributed by atoms with E-state index in [9.17, 15) is 4.79 Å². The molecular formula is C19H21N3O2S2. The molecule has 1 saturated heterocycles. The van der Waals surface area contributed by atoms with Gasteiger partial charge in [-0.2, -0.15) is 5.10 Å². The number of thiophene rings is 2. The molecule has 3 aromatic rings. The summed E-state index contributed by atoms with van der Waals surface area (Å²) < 4.78 is 5.48. The topological polar surface area (TPSA) is 58.2 Å². The normalized spacial score (nSPS) is 15.2. The molecule has 3 aromatic heterocycles. The molecule has 0 atom stereocenters. The lowest BCUT2D eigenvalue weighted by atomic mass is 10.1. The molecule has 7 heteroatoms. The number of amides is 1. The summed E-state index contributed by atoms with van der Waals surface area (Å²) in [5.41, 5.74) is 1.39. The molecule has 26 heavy (non-hydrogen) atoms. The van der Waals surface area contributed by atoms with Crippen LogP contribution in [0.25, 0.3) is 10.6 Å². The predicted molar refractivity (Wildman–Crippen MR) is 105 cm³/mol. The maximum Gasteiger partial charge on any atom is 0.274 e. The van der Waals surface area contributed by atoms with Crippen molar-refractivity contribution in [2.24, 2.45) is 0 Å². The van der Waals surface area contributed by atoms with Crippen LogP contribution in [0.2, 0.25) is 0 Å². The molecule has 0 aromatic carbocycles. The molecule has 136 valence electrons. The van der Waals surface area contributed by atoms with Crippen molar-refractivity contribution in [3.63, 3.8) is 0 Å². The van der Waals surface area contributed by atoms with Crippen LogP contribution in [0.5, 0.6) is 0 Å². The van der Waals surface area contributed by atoms with Gasteiger partial charge in [0.2, 0.25) is 0 Å². The third-order valence-corrected chi connectivity index (χ3v) is 6.49. The second kappa shape index (κ2) is 8.16. The van der Waals surface area contributed by atoms with E-state index in [1.165, 1.54) is 4.88 Å².